The van der Waals surface area contributed by atoms with E-state index in [4.69, 9.17) is 9.15 Å². The van der Waals surface area contributed by atoms with Crippen LogP contribution < -0.4 is 4.74 Å². The van der Waals surface area contributed by atoms with Gasteiger partial charge >= 0.3 is 5.97 Å². The number of rotatable bonds is 6. The minimum absolute atomic E-state index is 0.328. The summed E-state index contributed by atoms with van der Waals surface area (Å²) in [4.78, 5) is 15.9. The number of likely N-dealkylation sites (N-methyl/N-ethyl adjacent to an activating group) is 1. The van der Waals surface area contributed by atoms with Gasteiger partial charge < -0.3 is 19.2 Å². The molecule has 1 aliphatic heterocycles. The van der Waals surface area contributed by atoms with Crippen LogP contribution in [0.5, 0.6) is 5.75 Å². The zero-order chi connectivity index (χ0) is 19.4. The summed E-state index contributed by atoms with van der Waals surface area (Å²) in [6.45, 7) is 2.01. The van der Waals surface area contributed by atoms with E-state index in [-0.39, 0.29) is 5.92 Å². The number of aliphatic carboxylic acids is 1. The minimum atomic E-state index is -0.710. The van der Waals surface area contributed by atoms with E-state index in [2.05, 4.69) is 23.9 Å². The van der Waals surface area contributed by atoms with Gasteiger partial charge in [0.05, 0.1) is 19.6 Å². The molecule has 2 atom stereocenters. The van der Waals surface area contributed by atoms with E-state index >= 15 is 0 Å². The Morgan fingerprint density at radius 2 is 1.93 bits per heavy atom. The fourth-order valence-electron chi connectivity index (χ4n) is 3.61. The first kappa shape index (κ1) is 19.5. The van der Waals surface area contributed by atoms with Gasteiger partial charge in [0.15, 0.2) is 0 Å². The first-order valence-electron chi connectivity index (χ1n) is 9.31. The van der Waals surface area contributed by atoms with E-state index in [1.807, 2.05) is 36.4 Å². The highest BCUT2D eigenvalue weighted by Crippen LogP contribution is 2.26. The molecule has 27 heavy (non-hydrogen) atoms. The second kappa shape index (κ2) is 8.59. The van der Waals surface area contributed by atoms with Crippen molar-refractivity contribution in [2.24, 2.45) is 5.92 Å². The van der Waals surface area contributed by atoms with Gasteiger partial charge in [-0.2, -0.15) is 0 Å². The van der Waals surface area contributed by atoms with Gasteiger partial charge in [-0.25, -0.2) is 0 Å². The van der Waals surface area contributed by atoms with Crippen molar-refractivity contribution >= 4 is 5.97 Å². The lowest BCUT2D eigenvalue weighted by Crippen LogP contribution is -2.39. The topological polar surface area (TPSA) is 66.2 Å². The van der Waals surface area contributed by atoms with Crippen LogP contribution in [-0.4, -0.2) is 61.2 Å². The SMILES string of the molecule is COc1ccc(-c2ccc(CN3C[C@@H](C(=O)O)CC[C@@H](N(C)C)C3)o2)cc1. The third kappa shape index (κ3) is 4.90. The Hall–Kier alpha value is -2.31. The Bertz CT molecular complexity index is 754. The van der Waals surface area contributed by atoms with Gasteiger partial charge in [-0.1, -0.05) is 0 Å². The normalized spacial score (nSPS) is 21.2. The van der Waals surface area contributed by atoms with E-state index in [1.54, 1.807) is 7.11 Å². The summed E-state index contributed by atoms with van der Waals surface area (Å²) < 4.78 is 11.2. The van der Waals surface area contributed by atoms with Gasteiger partial charge in [-0.3, -0.25) is 9.69 Å². The van der Waals surface area contributed by atoms with Crippen LogP contribution in [0.25, 0.3) is 11.3 Å². The lowest BCUT2D eigenvalue weighted by Gasteiger charge is -2.28. The Morgan fingerprint density at radius 1 is 1.19 bits per heavy atom. The van der Waals surface area contributed by atoms with Gasteiger partial charge in [0.25, 0.3) is 0 Å². The minimum Gasteiger partial charge on any atom is -0.497 e. The van der Waals surface area contributed by atoms with E-state index in [0.29, 0.717) is 25.6 Å². The van der Waals surface area contributed by atoms with Gasteiger partial charge in [-0.15, -0.1) is 0 Å². The number of hydrogen-bond donors (Lipinski definition) is 1. The predicted molar refractivity (Wildman–Crippen MR) is 104 cm³/mol. The number of benzene rings is 1. The molecule has 6 heteroatoms. The van der Waals surface area contributed by atoms with Crippen LogP contribution in [-0.2, 0) is 11.3 Å². The highest BCUT2D eigenvalue weighted by molar-refractivity contribution is 5.70. The van der Waals surface area contributed by atoms with E-state index in [1.165, 1.54) is 0 Å². The number of hydrogen-bond acceptors (Lipinski definition) is 5. The Kier molecular flexibility index (Phi) is 6.19. The maximum atomic E-state index is 11.5. The summed E-state index contributed by atoms with van der Waals surface area (Å²) in [5, 5.41) is 9.49. The number of nitrogens with zero attached hydrogens (tertiary/aromatic N) is 2. The molecule has 2 aromatic rings. The molecule has 0 radical (unpaired) electrons. The molecule has 146 valence electrons. The van der Waals surface area contributed by atoms with Gasteiger partial charge in [0.1, 0.15) is 17.3 Å². The second-order valence-corrected chi connectivity index (χ2v) is 7.42. The number of carbonyl (C=O) groups is 1. The molecule has 1 saturated heterocycles. The van der Waals surface area contributed by atoms with Crippen molar-refractivity contribution in [2.75, 3.05) is 34.3 Å². The first-order valence-corrected chi connectivity index (χ1v) is 9.31. The average Bonchev–Trinajstić information content (AvgIpc) is 3.00. The molecule has 1 N–H and O–H groups in total. The summed E-state index contributed by atoms with van der Waals surface area (Å²) in [6, 6.07) is 12.0. The molecule has 0 bridgehead atoms. The molecule has 0 aliphatic carbocycles. The largest absolute Gasteiger partial charge is 0.497 e. The smallest absolute Gasteiger partial charge is 0.307 e. The number of carboxylic acid groups (broad SMARTS) is 1. The van der Waals surface area contributed by atoms with Crippen molar-refractivity contribution in [3.8, 4) is 17.1 Å². The molecular weight excluding hydrogens is 344 g/mol. The summed E-state index contributed by atoms with van der Waals surface area (Å²) in [5.41, 5.74) is 0.993. The molecule has 0 unspecified atom stereocenters. The van der Waals surface area contributed by atoms with Crippen LogP contribution in [0.3, 0.4) is 0 Å². The zero-order valence-electron chi connectivity index (χ0n) is 16.2. The van der Waals surface area contributed by atoms with Crippen molar-refractivity contribution in [1.82, 2.24) is 9.80 Å². The fraction of sp³-hybridized carbons (Fsp3) is 0.476. The summed E-state index contributed by atoms with van der Waals surface area (Å²) in [5.74, 6) is 1.43. The monoisotopic (exact) mass is 372 g/mol. The lowest BCUT2D eigenvalue weighted by molar-refractivity contribution is -0.142. The summed E-state index contributed by atoms with van der Waals surface area (Å²) in [7, 11) is 5.75. The highest BCUT2D eigenvalue weighted by Gasteiger charge is 2.29. The quantitative estimate of drug-likeness (QED) is 0.840. The third-order valence-electron chi connectivity index (χ3n) is 5.29. The lowest BCUT2D eigenvalue weighted by atomic mass is 10.0. The van der Waals surface area contributed by atoms with Crippen LogP contribution >= 0.6 is 0 Å². The maximum absolute atomic E-state index is 11.5. The molecule has 0 amide bonds. The number of carboxylic acids is 1. The summed E-state index contributed by atoms with van der Waals surface area (Å²) >= 11 is 0. The highest BCUT2D eigenvalue weighted by atomic mass is 16.5. The summed E-state index contributed by atoms with van der Waals surface area (Å²) in [6.07, 6.45) is 1.61. The van der Waals surface area contributed by atoms with Crippen LogP contribution in [0.2, 0.25) is 0 Å². The number of furan rings is 1. The van der Waals surface area contributed by atoms with Crippen LogP contribution in [0.1, 0.15) is 18.6 Å². The Labute approximate surface area is 160 Å². The van der Waals surface area contributed by atoms with E-state index in [0.717, 1.165) is 35.8 Å². The molecule has 1 aliphatic rings. The number of ether oxygens (including phenoxy) is 1. The third-order valence-corrected chi connectivity index (χ3v) is 5.29. The predicted octanol–water partition coefficient (Wildman–Crippen LogP) is 3.18. The standard InChI is InChI=1S/C21H28N2O4/c1-22(2)17-7-4-16(21(24)25)12-23(13-17)14-19-10-11-20(27-19)15-5-8-18(26-3)9-6-15/h5-6,8-11,16-17H,4,7,12-14H2,1-3H3,(H,24,25)/t16-,17+/m0/s1. The number of likely N-dealkylation sites (tertiary alicyclic amines) is 1. The van der Waals surface area contributed by atoms with E-state index < -0.39 is 5.97 Å². The van der Waals surface area contributed by atoms with E-state index in [9.17, 15) is 9.90 Å². The molecule has 1 aromatic carbocycles. The number of methoxy groups -OCH3 is 1. The van der Waals surface area contributed by atoms with Gasteiger partial charge in [-0.05, 0) is 63.3 Å². The molecule has 3 rings (SSSR count). The molecule has 0 saturated carbocycles. The van der Waals surface area contributed by atoms with Crippen molar-refractivity contribution in [3.63, 3.8) is 0 Å². The fourth-order valence-corrected chi connectivity index (χ4v) is 3.61. The van der Waals surface area contributed by atoms with Crippen LogP contribution in [0.15, 0.2) is 40.8 Å². The van der Waals surface area contributed by atoms with Crippen molar-refractivity contribution in [1.29, 1.82) is 0 Å². The molecule has 0 spiro atoms. The molecular formula is C21H28N2O4. The Morgan fingerprint density at radius 3 is 2.56 bits per heavy atom. The van der Waals surface area contributed by atoms with Crippen molar-refractivity contribution in [2.45, 2.75) is 25.4 Å². The second-order valence-electron chi connectivity index (χ2n) is 7.42. The van der Waals surface area contributed by atoms with Crippen molar-refractivity contribution < 1.29 is 19.1 Å². The molecule has 2 heterocycles. The first-order chi connectivity index (χ1) is 13.0. The van der Waals surface area contributed by atoms with Crippen LogP contribution in [0, 0.1) is 5.92 Å². The molecule has 1 fully saturated rings. The maximum Gasteiger partial charge on any atom is 0.307 e. The Balaban J connectivity index is 1.72. The molecule has 1 aromatic heterocycles. The van der Waals surface area contributed by atoms with Crippen LogP contribution in [0.4, 0.5) is 0 Å². The average molecular weight is 372 g/mol. The van der Waals surface area contributed by atoms with Gasteiger partial charge in [0, 0.05) is 24.7 Å². The van der Waals surface area contributed by atoms with Gasteiger partial charge in [0.2, 0.25) is 0 Å². The zero-order valence-corrected chi connectivity index (χ0v) is 16.2. The molecule has 6 nitrogen and oxygen atoms in total. The van der Waals surface area contributed by atoms with Crippen molar-refractivity contribution in [3.05, 3.63) is 42.2 Å².